The van der Waals surface area contributed by atoms with Gasteiger partial charge < -0.3 is 10.2 Å². The van der Waals surface area contributed by atoms with Crippen LogP contribution >= 0.6 is 0 Å². The van der Waals surface area contributed by atoms with Crippen LogP contribution in [-0.4, -0.2) is 17.9 Å². The number of aromatic nitrogens is 1. The molecule has 0 fully saturated rings. The summed E-state index contributed by atoms with van der Waals surface area (Å²) in [5.74, 6) is -0.453. The largest absolute Gasteiger partial charge is 0.416 e. The molecule has 27 heavy (non-hydrogen) atoms. The zero-order valence-corrected chi connectivity index (χ0v) is 14.4. The summed E-state index contributed by atoms with van der Waals surface area (Å²) in [6.45, 7) is 0. The van der Waals surface area contributed by atoms with Crippen molar-refractivity contribution < 1.29 is 18.0 Å². The van der Waals surface area contributed by atoms with E-state index < -0.39 is 17.6 Å². The van der Waals surface area contributed by atoms with E-state index in [2.05, 4.69) is 10.3 Å². The van der Waals surface area contributed by atoms with Crippen molar-refractivity contribution in [1.82, 2.24) is 4.98 Å². The van der Waals surface area contributed by atoms with Crippen LogP contribution in [0.15, 0.2) is 73.1 Å². The minimum atomic E-state index is -4.41. The molecule has 0 saturated heterocycles. The third kappa shape index (κ3) is 4.44. The predicted molar refractivity (Wildman–Crippen MR) is 98.1 cm³/mol. The smallest absolute Gasteiger partial charge is 0.343 e. The number of amides is 1. The molecule has 0 saturated carbocycles. The number of benzene rings is 2. The van der Waals surface area contributed by atoms with Gasteiger partial charge in [-0.2, -0.15) is 13.2 Å². The van der Waals surface area contributed by atoms with E-state index in [1.165, 1.54) is 18.3 Å². The SMILES string of the molecule is CN(c1ccccc1)c1cncc(C(=O)Nc2ccc(C(F)(F)F)cc2)c1. The maximum Gasteiger partial charge on any atom is 0.416 e. The third-order valence-electron chi connectivity index (χ3n) is 3.99. The van der Waals surface area contributed by atoms with Crippen LogP contribution in [0.2, 0.25) is 0 Å². The number of anilines is 3. The predicted octanol–water partition coefficient (Wildman–Crippen LogP) is 5.12. The lowest BCUT2D eigenvalue weighted by Crippen LogP contribution is -2.15. The minimum absolute atomic E-state index is 0.273. The summed E-state index contributed by atoms with van der Waals surface area (Å²) >= 11 is 0. The Kier molecular flexibility index (Phi) is 5.12. The average Bonchev–Trinajstić information content (AvgIpc) is 2.68. The molecule has 3 aromatic rings. The fourth-order valence-electron chi connectivity index (χ4n) is 2.48. The maximum absolute atomic E-state index is 12.6. The lowest BCUT2D eigenvalue weighted by atomic mass is 10.2. The van der Waals surface area contributed by atoms with Crippen molar-refractivity contribution in [1.29, 1.82) is 0 Å². The summed E-state index contributed by atoms with van der Waals surface area (Å²) in [5.41, 5.74) is 1.44. The lowest BCUT2D eigenvalue weighted by Gasteiger charge is -2.19. The number of alkyl halides is 3. The van der Waals surface area contributed by atoms with E-state index in [0.717, 1.165) is 17.8 Å². The molecule has 4 nitrogen and oxygen atoms in total. The first-order chi connectivity index (χ1) is 12.8. The van der Waals surface area contributed by atoms with Gasteiger partial charge in [-0.1, -0.05) is 18.2 Å². The van der Waals surface area contributed by atoms with Gasteiger partial charge >= 0.3 is 6.18 Å². The van der Waals surface area contributed by atoms with Crippen LogP contribution in [-0.2, 0) is 6.18 Å². The monoisotopic (exact) mass is 371 g/mol. The van der Waals surface area contributed by atoms with Crippen LogP contribution < -0.4 is 10.2 Å². The van der Waals surface area contributed by atoms with Gasteiger partial charge in [0, 0.05) is 24.6 Å². The van der Waals surface area contributed by atoms with Crippen molar-refractivity contribution in [3.05, 3.63) is 84.2 Å². The molecule has 0 atom stereocenters. The molecule has 0 aliphatic heterocycles. The number of halogens is 3. The summed E-state index contributed by atoms with van der Waals surface area (Å²) < 4.78 is 37.8. The highest BCUT2D eigenvalue weighted by Crippen LogP contribution is 2.30. The Bertz CT molecular complexity index is 925. The number of nitrogens with zero attached hydrogens (tertiary/aromatic N) is 2. The molecule has 0 aliphatic rings. The number of pyridine rings is 1. The van der Waals surface area contributed by atoms with Crippen LogP contribution in [0.3, 0.4) is 0 Å². The van der Waals surface area contributed by atoms with E-state index in [0.29, 0.717) is 11.3 Å². The number of rotatable bonds is 4. The first-order valence-corrected chi connectivity index (χ1v) is 8.07. The van der Waals surface area contributed by atoms with E-state index in [9.17, 15) is 18.0 Å². The van der Waals surface area contributed by atoms with Crippen molar-refractivity contribution >= 4 is 23.0 Å². The molecule has 1 amide bonds. The Morgan fingerprint density at radius 1 is 0.963 bits per heavy atom. The van der Waals surface area contributed by atoms with Gasteiger partial charge in [0.2, 0.25) is 0 Å². The Balaban J connectivity index is 1.76. The van der Waals surface area contributed by atoms with Crippen molar-refractivity contribution in [2.45, 2.75) is 6.18 Å². The zero-order chi connectivity index (χ0) is 19.4. The normalized spacial score (nSPS) is 11.1. The molecular formula is C20H16F3N3O. The molecule has 7 heteroatoms. The molecule has 138 valence electrons. The molecular weight excluding hydrogens is 355 g/mol. The lowest BCUT2D eigenvalue weighted by molar-refractivity contribution is -0.137. The highest BCUT2D eigenvalue weighted by molar-refractivity contribution is 6.04. The van der Waals surface area contributed by atoms with Gasteiger partial charge in [-0.15, -0.1) is 0 Å². The molecule has 0 bridgehead atoms. The number of para-hydroxylation sites is 1. The van der Waals surface area contributed by atoms with Crippen LogP contribution in [0.25, 0.3) is 0 Å². The summed E-state index contributed by atoms with van der Waals surface area (Å²) in [6.07, 6.45) is -1.38. The summed E-state index contributed by atoms with van der Waals surface area (Å²) in [4.78, 5) is 18.4. The number of nitrogens with one attached hydrogen (secondary N) is 1. The van der Waals surface area contributed by atoms with E-state index >= 15 is 0 Å². The van der Waals surface area contributed by atoms with Gasteiger partial charge in [0.1, 0.15) is 0 Å². The van der Waals surface area contributed by atoms with E-state index in [1.807, 2.05) is 42.3 Å². The fraction of sp³-hybridized carbons (Fsp3) is 0.100. The van der Waals surface area contributed by atoms with Gasteiger partial charge in [0.25, 0.3) is 5.91 Å². The van der Waals surface area contributed by atoms with Crippen molar-refractivity contribution in [2.24, 2.45) is 0 Å². The summed E-state index contributed by atoms with van der Waals surface area (Å²) in [5, 5.41) is 2.58. The second kappa shape index (κ2) is 7.49. The average molecular weight is 371 g/mol. The zero-order valence-electron chi connectivity index (χ0n) is 14.4. The highest BCUT2D eigenvalue weighted by atomic mass is 19.4. The molecule has 1 heterocycles. The molecule has 0 spiro atoms. The van der Waals surface area contributed by atoms with Gasteiger partial charge in [0.15, 0.2) is 0 Å². The maximum atomic E-state index is 12.6. The van der Waals surface area contributed by atoms with Gasteiger partial charge in [-0.25, -0.2) is 0 Å². The van der Waals surface area contributed by atoms with Gasteiger partial charge in [-0.3, -0.25) is 9.78 Å². The van der Waals surface area contributed by atoms with Crippen LogP contribution in [0, 0.1) is 0 Å². The van der Waals surface area contributed by atoms with Crippen molar-refractivity contribution in [3.8, 4) is 0 Å². The Labute approximate surface area is 154 Å². The molecule has 0 radical (unpaired) electrons. The Hall–Kier alpha value is -3.35. The first-order valence-electron chi connectivity index (χ1n) is 8.07. The van der Waals surface area contributed by atoms with E-state index in [-0.39, 0.29) is 5.69 Å². The second-order valence-corrected chi connectivity index (χ2v) is 5.86. The fourth-order valence-corrected chi connectivity index (χ4v) is 2.48. The summed E-state index contributed by atoms with van der Waals surface area (Å²) in [7, 11) is 1.85. The molecule has 3 rings (SSSR count). The minimum Gasteiger partial charge on any atom is -0.343 e. The van der Waals surface area contributed by atoms with E-state index in [1.54, 1.807) is 12.3 Å². The highest BCUT2D eigenvalue weighted by Gasteiger charge is 2.30. The molecule has 1 aromatic heterocycles. The van der Waals surface area contributed by atoms with Crippen LogP contribution in [0.4, 0.5) is 30.2 Å². The topological polar surface area (TPSA) is 45.2 Å². The number of carbonyl (C=O) groups excluding carboxylic acids is 1. The van der Waals surface area contributed by atoms with Gasteiger partial charge in [-0.05, 0) is 42.5 Å². The molecule has 2 aromatic carbocycles. The van der Waals surface area contributed by atoms with E-state index in [4.69, 9.17) is 0 Å². The van der Waals surface area contributed by atoms with Gasteiger partial charge in [0.05, 0.1) is 23.0 Å². The quantitative estimate of drug-likeness (QED) is 0.692. The van der Waals surface area contributed by atoms with Crippen LogP contribution in [0.5, 0.6) is 0 Å². The molecule has 1 N–H and O–H groups in total. The van der Waals surface area contributed by atoms with Crippen molar-refractivity contribution in [2.75, 3.05) is 17.3 Å². The third-order valence-corrected chi connectivity index (χ3v) is 3.99. The summed E-state index contributed by atoms with van der Waals surface area (Å²) in [6, 6.07) is 15.5. The molecule has 0 unspecified atom stereocenters. The number of hydrogen-bond donors (Lipinski definition) is 1. The number of carbonyl (C=O) groups is 1. The van der Waals surface area contributed by atoms with Crippen LogP contribution in [0.1, 0.15) is 15.9 Å². The Morgan fingerprint density at radius 3 is 2.26 bits per heavy atom. The standard InChI is InChI=1S/C20H16F3N3O/c1-26(17-5-3-2-4-6-17)18-11-14(12-24-13-18)19(27)25-16-9-7-15(8-10-16)20(21,22)23/h2-13H,1H3,(H,25,27). The first kappa shape index (κ1) is 18.4. The molecule has 0 aliphatic carbocycles. The van der Waals surface area contributed by atoms with Crippen molar-refractivity contribution in [3.63, 3.8) is 0 Å². The second-order valence-electron chi connectivity index (χ2n) is 5.86. The number of hydrogen-bond acceptors (Lipinski definition) is 3. The Morgan fingerprint density at radius 2 is 1.63 bits per heavy atom.